The molecule has 3 rings (SSSR count). The van der Waals surface area contributed by atoms with Crippen LogP contribution in [-0.2, 0) is 4.79 Å². The van der Waals surface area contributed by atoms with Gasteiger partial charge in [0.1, 0.15) is 6.04 Å². The van der Waals surface area contributed by atoms with Gasteiger partial charge in [-0.25, -0.2) is 0 Å². The van der Waals surface area contributed by atoms with Gasteiger partial charge in [0.15, 0.2) is 0 Å². The highest BCUT2D eigenvalue weighted by molar-refractivity contribution is 5.97. The fourth-order valence-electron chi connectivity index (χ4n) is 3.94. The second-order valence-corrected chi connectivity index (χ2v) is 8.95. The molecule has 1 aliphatic heterocycles. The van der Waals surface area contributed by atoms with Crippen molar-refractivity contribution in [3.63, 3.8) is 0 Å². The maximum Gasteiger partial charge on any atom is 0.253 e. The van der Waals surface area contributed by atoms with E-state index in [0.717, 1.165) is 5.56 Å². The Hall–Kier alpha value is -3.15. The Morgan fingerprint density at radius 2 is 1.56 bits per heavy atom. The predicted molar refractivity (Wildman–Crippen MR) is 125 cm³/mol. The van der Waals surface area contributed by atoms with E-state index in [0.29, 0.717) is 49.5 Å². The molecule has 2 aromatic carbocycles. The van der Waals surface area contributed by atoms with Crippen LogP contribution in [0.25, 0.3) is 0 Å². The van der Waals surface area contributed by atoms with Crippen LogP contribution in [0.2, 0.25) is 0 Å². The van der Waals surface area contributed by atoms with Gasteiger partial charge >= 0.3 is 0 Å². The highest BCUT2D eigenvalue weighted by Crippen LogP contribution is 2.23. The summed E-state index contributed by atoms with van der Waals surface area (Å²) in [6.07, 6.45) is 1.32. The smallest absolute Gasteiger partial charge is 0.253 e. The Balaban J connectivity index is 1.68. The lowest BCUT2D eigenvalue weighted by atomic mass is 9.88. The standard InChI is InChI=1S/C26H33N3O3/c1-18(2)17-27-25(31)23(28-24(30)21-11-9-19(3)10-12-21)20-13-15-29(16-14-20)26(32)22-7-5-4-6-8-22/h4-12,18,20,23H,13-17H2,1-3H3,(H,27,31)(H,28,30)/t23-/m0/s1. The van der Waals surface area contributed by atoms with Gasteiger partial charge in [0.2, 0.25) is 5.91 Å². The molecule has 6 nitrogen and oxygen atoms in total. The van der Waals surface area contributed by atoms with E-state index in [2.05, 4.69) is 10.6 Å². The molecule has 0 aromatic heterocycles. The largest absolute Gasteiger partial charge is 0.354 e. The fraction of sp³-hybridized carbons (Fsp3) is 0.423. The quantitative estimate of drug-likeness (QED) is 0.700. The van der Waals surface area contributed by atoms with Crippen LogP contribution < -0.4 is 10.6 Å². The highest BCUT2D eigenvalue weighted by atomic mass is 16.2. The first-order chi connectivity index (χ1) is 15.3. The lowest BCUT2D eigenvalue weighted by molar-refractivity contribution is -0.124. The lowest BCUT2D eigenvalue weighted by Crippen LogP contribution is -2.54. The molecule has 0 saturated carbocycles. The van der Waals surface area contributed by atoms with Gasteiger partial charge < -0.3 is 15.5 Å². The number of likely N-dealkylation sites (tertiary alicyclic amines) is 1. The van der Waals surface area contributed by atoms with Crippen LogP contribution in [0.1, 0.15) is 53.0 Å². The van der Waals surface area contributed by atoms with E-state index in [-0.39, 0.29) is 23.6 Å². The number of carbonyl (C=O) groups is 3. The van der Waals surface area contributed by atoms with E-state index in [4.69, 9.17) is 0 Å². The number of amides is 3. The number of aryl methyl sites for hydroxylation is 1. The summed E-state index contributed by atoms with van der Waals surface area (Å²) in [7, 11) is 0. The number of rotatable bonds is 7. The number of hydrogen-bond donors (Lipinski definition) is 2. The topological polar surface area (TPSA) is 78.5 Å². The van der Waals surface area contributed by atoms with Crippen molar-refractivity contribution in [2.75, 3.05) is 19.6 Å². The van der Waals surface area contributed by atoms with Gasteiger partial charge in [-0.15, -0.1) is 0 Å². The van der Waals surface area contributed by atoms with Crippen molar-refractivity contribution in [1.82, 2.24) is 15.5 Å². The minimum Gasteiger partial charge on any atom is -0.354 e. The molecule has 3 amide bonds. The average Bonchev–Trinajstić information content (AvgIpc) is 2.81. The van der Waals surface area contributed by atoms with Gasteiger partial charge in [0, 0.05) is 30.8 Å². The Morgan fingerprint density at radius 3 is 2.16 bits per heavy atom. The highest BCUT2D eigenvalue weighted by Gasteiger charge is 2.34. The zero-order chi connectivity index (χ0) is 23.1. The van der Waals surface area contributed by atoms with Crippen molar-refractivity contribution in [1.29, 1.82) is 0 Å². The molecule has 0 bridgehead atoms. The summed E-state index contributed by atoms with van der Waals surface area (Å²) in [5.74, 6) is -0.118. The molecule has 2 aromatic rings. The lowest BCUT2D eigenvalue weighted by Gasteiger charge is -2.36. The number of carbonyl (C=O) groups excluding carboxylic acids is 3. The normalized spacial score (nSPS) is 15.3. The van der Waals surface area contributed by atoms with Gasteiger partial charge in [-0.05, 0) is 55.9 Å². The van der Waals surface area contributed by atoms with Crippen LogP contribution in [0.5, 0.6) is 0 Å². The minimum atomic E-state index is -0.628. The molecule has 1 aliphatic rings. The van der Waals surface area contributed by atoms with Crippen molar-refractivity contribution in [2.45, 2.75) is 39.7 Å². The molecule has 0 radical (unpaired) electrons. The third-order valence-corrected chi connectivity index (χ3v) is 5.89. The van der Waals surface area contributed by atoms with Crippen LogP contribution in [0.15, 0.2) is 54.6 Å². The van der Waals surface area contributed by atoms with E-state index in [1.54, 1.807) is 12.1 Å². The SMILES string of the molecule is Cc1ccc(C(=O)N[C@H](C(=O)NCC(C)C)C2CCN(C(=O)c3ccccc3)CC2)cc1. The summed E-state index contributed by atoms with van der Waals surface area (Å²) < 4.78 is 0. The molecule has 32 heavy (non-hydrogen) atoms. The van der Waals surface area contributed by atoms with Gasteiger partial charge in [0.25, 0.3) is 11.8 Å². The third kappa shape index (κ3) is 6.19. The van der Waals surface area contributed by atoms with Gasteiger partial charge in [-0.2, -0.15) is 0 Å². The van der Waals surface area contributed by atoms with Crippen LogP contribution >= 0.6 is 0 Å². The Bertz CT molecular complexity index is 917. The first kappa shape index (κ1) is 23.5. The van der Waals surface area contributed by atoms with Gasteiger partial charge in [-0.1, -0.05) is 49.7 Å². The summed E-state index contributed by atoms with van der Waals surface area (Å²) in [4.78, 5) is 40.4. The van der Waals surface area contributed by atoms with E-state index >= 15 is 0 Å². The van der Waals surface area contributed by atoms with Crippen molar-refractivity contribution < 1.29 is 14.4 Å². The number of piperidine rings is 1. The third-order valence-electron chi connectivity index (χ3n) is 5.89. The molecule has 1 fully saturated rings. The Kier molecular flexibility index (Phi) is 8.03. The van der Waals surface area contributed by atoms with Crippen LogP contribution in [-0.4, -0.2) is 48.3 Å². The molecular formula is C26H33N3O3. The molecule has 1 atom stereocenters. The molecule has 6 heteroatoms. The van der Waals surface area contributed by atoms with Crippen molar-refractivity contribution in [2.24, 2.45) is 11.8 Å². The van der Waals surface area contributed by atoms with Crippen molar-refractivity contribution in [3.8, 4) is 0 Å². The fourth-order valence-corrected chi connectivity index (χ4v) is 3.94. The minimum absolute atomic E-state index is 0.00792. The number of benzene rings is 2. The van der Waals surface area contributed by atoms with E-state index in [9.17, 15) is 14.4 Å². The summed E-state index contributed by atoms with van der Waals surface area (Å²) in [6, 6.07) is 15.9. The summed E-state index contributed by atoms with van der Waals surface area (Å²) in [5, 5.41) is 5.94. The van der Waals surface area contributed by atoms with Crippen LogP contribution in [0.3, 0.4) is 0 Å². The second-order valence-electron chi connectivity index (χ2n) is 8.95. The predicted octanol–water partition coefficient (Wildman–Crippen LogP) is 3.42. The maximum atomic E-state index is 13.0. The van der Waals surface area contributed by atoms with E-state index in [1.807, 2.05) is 68.1 Å². The zero-order valence-electron chi connectivity index (χ0n) is 19.1. The summed E-state index contributed by atoms with van der Waals surface area (Å²) in [6.45, 7) is 7.72. The maximum absolute atomic E-state index is 13.0. The monoisotopic (exact) mass is 435 g/mol. The van der Waals surface area contributed by atoms with Crippen LogP contribution in [0, 0.1) is 18.8 Å². The molecular weight excluding hydrogens is 402 g/mol. The molecule has 170 valence electrons. The molecule has 0 aliphatic carbocycles. The first-order valence-electron chi connectivity index (χ1n) is 11.3. The summed E-state index contributed by atoms with van der Waals surface area (Å²) in [5.41, 5.74) is 2.28. The van der Waals surface area contributed by atoms with E-state index in [1.165, 1.54) is 0 Å². The van der Waals surface area contributed by atoms with E-state index < -0.39 is 6.04 Å². The van der Waals surface area contributed by atoms with Gasteiger partial charge in [-0.3, -0.25) is 14.4 Å². The molecule has 2 N–H and O–H groups in total. The molecule has 1 saturated heterocycles. The van der Waals surface area contributed by atoms with Gasteiger partial charge in [0.05, 0.1) is 0 Å². The number of nitrogens with zero attached hydrogens (tertiary/aromatic N) is 1. The molecule has 0 spiro atoms. The second kappa shape index (κ2) is 10.9. The van der Waals surface area contributed by atoms with Crippen molar-refractivity contribution in [3.05, 3.63) is 71.3 Å². The first-order valence-corrected chi connectivity index (χ1v) is 11.3. The van der Waals surface area contributed by atoms with Crippen LogP contribution in [0.4, 0.5) is 0 Å². The Morgan fingerprint density at radius 1 is 0.938 bits per heavy atom. The zero-order valence-corrected chi connectivity index (χ0v) is 19.1. The Labute approximate surface area is 190 Å². The summed E-state index contributed by atoms with van der Waals surface area (Å²) >= 11 is 0. The van der Waals surface area contributed by atoms with Crippen molar-refractivity contribution >= 4 is 17.7 Å². The number of hydrogen-bond acceptors (Lipinski definition) is 3. The molecule has 0 unspecified atom stereocenters. The average molecular weight is 436 g/mol. The number of nitrogens with one attached hydrogen (secondary N) is 2. The molecule has 1 heterocycles.